The largest absolute Gasteiger partial charge is 0.504 e. The summed E-state index contributed by atoms with van der Waals surface area (Å²) in [5.74, 6) is 0.0821. The zero-order chi connectivity index (χ0) is 13.1. The number of phenolic OH excluding ortho intramolecular Hbond substituents is 2. The van der Waals surface area contributed by atoms with Gasteiger partial charge in [-0.15, -0.1) is 0 Å². The van der Waals surface area contributed by atoms with Crippen LogP contribution in [0.15, 0.2) is 18.2 Å². The Morgan fingerprint density at radius 3 is 2.44 bits per heavy atom. The van der Waals surface area contributed by atoms with Crippen molar-refractivity contribution in [1.29, 1.82) is 0 Å². The van der Waals surface area contributed by atoms with E-state index in [4.69, 9.17) is 0 Å². The molecule has 1 fully saturated rings. The van der Waals surface area contributed by atoms with Crippen molar-refractivity contribution in [2.75, 3.05) is 0 Å². The fourth-order valence-electron chi connectivity index (χ4n) is 2.34. The summed E-state index contributed by atoms with van der Waals surface area (Å²) in [7, 11) is 0. The quantitative estimate of drug-likeness (QED) is 0.705. The molecular weight excluding hydrogens is 230 g/mol. The second-order valence-corrected chi connectivity index (χ2v) is 5.13. The van der Waals surface area contributed by atoms with E-state index in [1.54, 1.807) is 0 Å². The lowest BCUT2D eigenvalue weighted by Gasteiger charge is -2.26. The van der Waals surface area contributed by atoms with Crippen LogP contribution in [-0.4, -0.2) is 22.2 Å². The summed E-state index contributed by atoms with van der Waals surface area (Å²) >= 11 is 0. The highest BCUT2D eigenvalue weighted by atomic mass is 16.3. The van der Waals surface area contributed by atoms with Gasteiger partial charge in [-0.2, -0.15) is 0 Å². The number of carbonyl (C=O) groups excluding carboxylic acids is 1. The third-order valence-corrected chi connectivity index (χ3v) is 3.59. The first-order valence-corrected chi connectivity index (χ1v) is 6.39. The normalized spacial score (nSPS) is 23.6. The van der Waals surface area contributed by atoms with Crippen molar-refractivity contribution in [1.82, 2.24) is 5.32 Å². The monoisotopic (exact) mass is 249 g/mol. The van der Waals surface area contributed by atoms with E-state index < -0.39 is 0 Å². The van der Waals surface area contributed by atoms with Gasteiger partial charge in [0, 0.05) is 11.6 Å². The van der Waals surface area contributed by atoms with Gasteiger partial charge in [-0.25, -0.2) is 0 Å². The van der Waals surface area contributed by atoms with Crippen LogP contribution in [0.1, 0.15) is 43.0 Å². The molecule has 1 aromatic rings. The number of rotatable bonds is 2. The topological polar surface area (TPSA) is 69.6 Å². The number of amides is 1. The molecule has 0 unspecified atom stereocenters. The van der Waals surface area contributed by atoms with Gasteiger partial charge in [-0.05, 0) is 49.8 Å². The number of phenols is 2. The average Bonchev–Trinajstić information content (AvgIpc) is 2.35. The second-order valence-electron chi connectivity index (χ2n) is 5.13. The van der Waals surface area contributed by atoms with Gasteiger partial charge in [-0.3, -0.25) is 4.79 Å². The van der Waals surface area contributed by atoms with Gasteiger partial charge in [-0.1, -0.05) is 6.92 Å². The maximum Gasteiger partial charge on any atom is 0.251 e. The average molecular weight is 249 g/mol. The zero-order valence-corrected chi connectivity index (χ0v) is 10.5. The third kappa shape index (κ3) is 2.94. The van der Waals surface area contributed by atoms with Gasteiger partial charge in [0.25, 0.3) is 5.91 Å². The number of carbonyl (C=O) groups is 1. The van der Waals surface area contributed by atoms with Crippen molar-refractivity contribution < 1.29 is 15.0 Å². The third-order valence-electron chi connectivity index (χ3n) is 3.59. The lowest BCUT2D eigenvalue weighted by Crippen LogP contribution is -2.37. The molecule has 98 valence electrons. The molecule has 1 aromatic carbocycles. The van der Waals surface area contributed by atoms with E-state index in [9.17, 15) is 15.0 Å². The van der Waals surface area contributed by atoms with Gasteiger partial charge >= 0.3 is 0 Å². The first-order chi connectivity index (χ1) is 8.56. The van der Waals surface area contributed by atoms with Crippen LogP contribution in [0.4, 0.5) is 0 Å². The number of benzene rings is 1. The van der Waals surface area contributed by atoms with Crippen LogP contribution in [0, 0.1) is 5.92 Å². The Hall–Kier alpha value is -1.71. The van der Waals surface area contributed by atoms with Crippen LogP contribution >= 0.6 is 0 Å². The zero-order valence-electron chi connectivity index (χ0n) is 10.5. The number of nitrogens with one attached hydrogen (secondary N) is 1. The SMILES string of the molecule is CC1CCC(NC(=O)c2ccc(O)c(O)c2)CC1. The first kappa shape index (κ1) is 12.7. The summed E-state index contributed by atoms with van der Waals surface area (Å²) in [4.78, 5) is 12.0. The van der Waals surface area contributed by atoms with E-state index >= 15 is 0 Å². The van der Waals surface area contributed by atoms with Crippen molar-refractivity contribution in [2.45, 2.75) is 38.6 Å². The van der Waals surface area contributed by atoms with Gasteiger partial charge < -0.3 is 15.5 Å². The molecule has 2 rings (SSSR count). The molecule has 0 bridgehead atoms. The summed E-state index contributed by atoms with van der Waals surface area (Å²) in [5, 5.41) is 21.5. The molecule has 0 atom stereocenters. The van der Waals surface area contributed by atoms with E-state index in [0.29, 0.717) is 5.56 Å². The molecule has 0 radical (unpaired) electrons. The Labute approximate surface area is 107 Å². The highest BCUT2D eigenvalue weighted by molar-refractivity contribution is 5.95. The molecule has 0 saturated heterocycles. The molecule has 4 heteroatoms. The molecule has 0 heterocycles. The molecule has 0 aliphatic heterocycles. The minimum absolute atomic E-state index is 0.190. The molecule has 4 nitrogen and oxygen atoms in total. The van der Waals surface area contributed by atoms with Crippen LogP contribution in [0.5, 0.6) is 11.5 Å². The van der Waals surface area contributed by atoms with Gasteiger partial charge in [0.05, 0.1) is 0 Å². The maximum absolute atomic E-state index is 12.0. The fourth-order valence-corrected chi connectivity index (χ4v) is 2.34. The van der Waals surface area contributed by atoms with E-state index in [0.717, 1.165) is 31.6 Å². The highest BCUT2D eigenvalue weighted by Gasteiger charge is 2.20. The first-order valence-electron chi connectivity index (χ1n) is 6.39. The van der Waals surface area contributed by atoms with Crippen LogP contribution < -0.4 is 5.32 Å². The lowest BCUT2D eigenvalue weighted by atomic mass is 9.87. The summed E-state index contributed by atoms with van der Waals surface area (Å²) in [6.07, 6.45) is 4.31. The molecule has 1 saturated carbocycles. The van der Waals surface area contributed by atoms with Gasteiger partial charge in [0.1, 0.15) is 0 Å². The van der Waals surface area contributed by atoms with E-state index in [-0.39, 0.29) is 23.4 Å². The Morgan fingerprint density at radius 1 is 1.17 bits per heavy atom. The smallest absolute Gasteiger partial charge is 0.251 e. The lowest BCUT2D eigenvalue weighted by molar-refractivity contribution is 0.0922. The Kier molecular flexibility index (Phi) is 3.75. The van der Waals surface area contributed by atoms with Crippen molar-refractivity contribution in [3.05, 3.63) is 23.8 Å². The molecule has 1 aliphatic carbocycles. The van der Waals surface area contributed by atoms with Crippen molar-refractivity contribution in [2.24, 2.45) is 5.92 Å². The van der Waals surface area contributed by atoms with Gasteiger partial charge in [0.15, 0.2) is 11.5 Å². The minimum Gasteiger partial charge on any atom is -0.504 e. The van der Waals surface area contributed by atoms with Crippen LogP contribution in [0.25, 0.3) is 0 Å². The van der Waals surface area contributed by atoms with Crippen LogP contribution in [-0.2, 0) is 0 Å². The Morgan fingerprint density at radius 2 is 1.83 bits per heavy atom. The molecule has 1 aliphatic rings. The Bertz CT molecular complexity index is 437. The standard InChI is InChI=1S/C14H19NO3/c1-9-2-5-11(6-3-9)15-14(18)10-4-7-12(16)13(17)8-10/h4,7-9,11,16-17H,2-3,5-6H2,1H3,(H,15,18). The Balaban J connectivity index is 1.97. The molecular formula is C14H19NO3. The van der Waals surface area contributed by atoms with Crippen LogP contribution in [0.2, 0.25) is 0 Å². The molecule has 0 aromatic heterocycles. The summed E-state index contributed by atoms with van der Waals surface area (Å²) in [6.45, 7) is 2.23. The number of hydrogen-bond acceptors (Lipinski definition) is 3. The molecule has 3 N–H and O–H groups in total. The van der Waals surface area contributed by atoms with E-state index in [1.807, 2.05) is 0 Å². The van der Waals surface area contributed by atoms with E-state index in [2.05, 4.69) is 12.2 Å². The molecule has 18 heavy (non-hydrogen) atoms. The van der Waals surface area contributed by atoms with E-state index in [1.165, 1.54) is 18.2 Å². The second kappa shape index (κ2) is 5.29. The van der Waals surface area contributed by atoms with Crippen molar-refractivity contribution in [3.63, 3.8) is 0 Å². The molecule has 0 spiro atoms. The number of aromatic hydroxyl groups is 2. The van der Waals surface area contributed by atoms with Crippen LogP contribution in [0.3, 0.4) is 0 Å². The highest BCUT2D eigenvalue weighted by Crippen LogP contribution is 2.26. The predicted octanol–water partition coefficient (Wildman–Crippen LogP) is 2.41. The maximum atomic E-state index is 12.0. The number of hydrogen-bond donors (Lipinski definition) is 3. The summed E-state index contributed by atoms with van der Waals surface area (Å²) in [5.41, 5.74) is 0.379. The predicted molar refractivity (Wildman–Crippen MR) is 68.7 cm³/mol. The minimum atomic E-state index is -0.264. The van der Waals surface area contributed by atoms with Crippen molar-refractivity contribution in [3.8, 4) is 11.5 Å². The summed E-state index contributed by atoms with van der Waals surface area (Å²) in [6, 6.07) is 4.35. The van der Waals surface area contributed by atoms with Gasteiger partial charge in [0.2, 0.25) is 0 Å². The van der Waals surface area contributed by atoms with Crippen molar-refractivity contribution >= 4 is 5.91 Å². The molecule has 1 amide bonds. The summed E-state index contributed by atoms with van der Waals surface area (Å²) < 4.78 is 0. The fraction of sp³-hybridized carbons (Fsp3) is 0.500.